The maximum Gasteiger partial charge on any atom is 0.287 e. The number of carbonyl (C=O) groups is 1. The number of aryl methyl sites for hydroxylation is 1. The summed E-state index contributed by atoms with van der Waals surface area (Å²) in [4.78, 5) is 27.4. The van der Waals surface area contributed by atoms with Crippen molar-refractivity contribution in [2.45, 2.75) is 32.2 Å². The molecule has 6 nitrogen and oxygen atoms in total. The number of amides is 1. The Morgan fingerprint density at radius 3 is 2.66 bits per heavy atom. The van der Waals surface area contributed by atoms with E-state index in [1.807, 2.05) is 19.1 Å². The van der Waals surface area contributed by atoms with Gasteiger partial charge in [0.15, 0.2) is 11.2 Å². The third kappa shape index (κ3) is 4.46. The molecule has 1 atom stereocenters. The summed E-state index contributed by atoms with van der Waals surface area (Å²) >= 11 is 3.36. The summed E-state index contributed by atoms with van der Waals surface area (Å²) in [6.45, 7) is 4.24. The number of carbonyl (C=O) groups excluding carboxylic acids is 1. The van der Waals surface area contributed by atoms with Crippen LogP contribution < -0.4 is 10.7 Å². The van der Waals surface area contributed by atoms with E-state index in [4.69, 9.17) is 8.83 Å². The fraction of sp³-hybridized carbons (Fsp3) is 0.364. The third-order valence-electron chi connectivity index (χ3n) is 5.29. The molecule has 1 aliphatic rings. The molecule has 3 aromatic rings. The van der Waals surface area contributed by atoms with Crippen molar-refractivity contribution in [3.05, 3.63) is 68.4 Å². The van der Waals surface area contributed by atoms with E-state index in [0.29, 0.717) is 17.5 Å². The van der Waals surface area contributed by atoms with Crippen LogP contribution in [0.4, 0.5) is 0 Å². The van der Waals surface area contributed by atoms with E-state index in [0.717, 1.165) is 41.9 Å². The van der Waals surface area contributed by atoms with Crippen molar-refractivity contribution in [1.29, 1.82) is 0 Å². The van der Waals surface area contributed by atoms with Crippen LogP contribution in [0.15, 0.2) is 54.5 Å². The summed E-state index contributed by atoms with van der Waals surface area (Å²) in [6, 6.07) is 10.2. The predicted molar refractivity (Wildman–Crippen MR) is 114 cm³/mol. The maximum atomic E-state index is 12.7. The number of nitrogens with zero attached hydrogens (tertiary/aromatic N) is 1. The second-order valence-corrected chi connectivity index (χ2v) is 8.30. The Kier molecular flexibility index (Phi) is 5.87. The number of fused-ring (bicyclic) bond motifs is 1. The topological polar surface area (TPSA) is 75.7 Å². The Balaban J connectivity index is 1.54. The van der Waals surface area contributed by atoms with Crippen LogP contribution in [-0.2, 0) is 0 Å². The monoisotopic (exact) mass is 458 g/mol. The minimum absolute atomic E-state index is 0.00798. The lowest BCUT2D eigenvalue weighted by Crippen LogP contribution is -2.40. The quantitative estimate of drug-likeness (QED) is 0.612. The number of rotatable bonds is 5. The van der Waals surface area contributed by atoms with Crippen LogP contribution >= 0.6 is 15.9 Å². The first-order valence-corrected chi connectivity index (χ1v) is 10.6. The molecule has 0 radical (unpaired) electrons. The van der Waals surface area contributed by atoms with Gasteiger partial charge in [-0.3, -0.25) is 14.5 Å². The molecule has 1 fully saturated rings. The summed E-state index contributed by atoms with van der Waals surface area (Å²) in [6.07, 6.45) is 3.50. The zero-order chi connectivity index (χ0) is 20.4. The second kappa shape index (κ2) is 8.55. The van der Waals surface area contributed by atoms with E-state index in [2.05, 4.69) is 26.1 Å². The average Bonchev–Trinajstić information content (AvgIpc) is 3.14. The largest absolute Gasteiger partial charge is 0.465 e. The molecule has 7 heteroatoms. The average molecular weight is 459 g/mol. The van der Waals surface area contributed by atoms with Crippen molar-refractivity contribution < 1.29 is 13.6 Å². The minimum Gasteiger partial charge on any atom is -0.465 e. The first-order chi connectivity index (χ1) is 14.0. The van der Waals surface area contributed by atoms with Gasteiger partial charge in [-0.25, -0.2) is 0 Å². The van der Waals surface area contributed by atoms with Crippen LogP contribution in [0.2, 0.25) is 0 Å². The molecule has 2 aromatic heterocycles. The molecule has 1 saturated heterocycles. The van der Waals surface area contributed by atoms with Crippen molar-refractivity contribution in [2.24, 2.45) is 0 Å². The summed E-state index contributed by atoms with van der Waals surface area (Å²) < 4.78 is 12.3. The van der Waals surface area contributed by atoms with Gasteiger partial charge in [-0.15, -0.1) is 0 Å². The first-order valence-electron chi connectivity index (χ1n) is 9.83. The van der Waals surface area contributed by atoms with E-state index < -0.39 is 5.91 Å². The summed E-state index contributed by atoms with van der Waals surface area (Å²) in [5.41, 5.74) is 0.143. The van der Waals surface area contributed by atoms with Crippen molar-refractivity contribution in [3.8, 4) is 0 Å². The zero-order valence-electron chi connectivity index (χ0n) is 16.2. The zero-order valence-corrected chi connectivity index (χ0v) is 17.8. The lowest BCUT2D eigenvalue weighted by Gasteiger charge is -2.33. The van der Waals surface area contributed by atoms with Gasteiger partial charge >= 0.3 is 0 Å². The highest BCUT2D eigenvalue weighted by molar-refractivity contribution is 9.10. The lowest BCUT2D eigenvalue weighted by atomic mass is 10.1. The highest BCUT2D eigenvalue weighted by atomic mass is 79.9. The van der Waals surface area contributed by atoms with E-state index >= 15 is 0 Å². The number of halogens is 1. The number of likely N-dealkylation sites (tertiary alicyclic amines) is 1. The van der Waals surface area contributed by atoms with Gasteiger partial charge in [0.2, 0.25) is 0 Å². The molecule has 3 heterocycles. The number of nitrogens with one attached hydrogen (secondary N) is 1. The molecule has 1 amide bonds. The molecule has 0 spiro atoms. The number of hydrogen-bond donors (Lipinski definition) is 1. The van der Waals surface area contributed by atoms with Crippen molar-refractivity contribution in [2.75, 3.05) is 19.6 Å². The molecular weight excluding hydrogens is 436 g/mol. The number of benzene rings is 1. The molecule has 1 aromatic carbocycles. The van der Waals surface area contributed by atoms with Crippen molar-refractivity contribution in [3.63, 3.8) is 0 Å². The highest BCUT2D eigenvalue weighted by Crippen LogP contribution is 2.26. The van der Waals surface area contributed by atoms with E-state index in [9.17, 15) is 9.59 Å². The summed E-state index contributed by atoms with van der Waals surface area (Å²) in [5, 5.41) is 3.37. The summed E-state index contributed by atoms with van der Waals surface area (Å²) in [5.74, 6) is 1.29. The van der Waals surface area contributed by atoms with Crippen LogP contribution in [0, 0.1) is 6.92 Å². The van der Waals surface area contributed by atoms with Gasteiger partial charge in [0, 0.05) is 17.1 Å². The number of piperidine rings is 1. The second-order valence-electron chi connectivity index (χ2n) is 7.39. The van der Waals surface area contributed by atoms with Gasteiger partial charge in [0.05, 0.1) is 11.4 Å². The van der Waals surface area contributed by atoms with Crippen LogP contribution in [0.5, 0.6) is 0 Å². The minimum atomic E-state index is -0.408. The molecule has 0 aliphatic carbocycles. The predicted octanol–water partition coefficient (Wildman–Crippen LogP) is 4.41. The smallest absolute Gasteiger partial charge is 0.287 e. The van der Waals surface area contributed by atoms with Gasteiger partial charge < -0.3 is 14.2 Å². The van der Waals surface area contributed by atoms with Gasteiger partial charge in [0.25, 0.3) is 5.91 Å². The molecule has 1 N–H and O–H groups in total. The van der Waals surface area contributed by atoms with E-state index in [-0.39, 0.29) is 17.2 Å². The third-order valence-corrected chi connectivity index (χ3v) is 5.79. The van der Waals surface area contributed by atoms with Crippen LogP contribution in [0.1, 0.15) is 47.4 Å². The van der Waals surface area contributed by atoms with Gasteiger partial charge in [-0.2, -0.15) is 0 Å². The Bertz CT molecular complexity index is 1080. The van der Waals surface area contributed by atoms with Crippen LogP contribution in [0.25, 0.3) is 11.0 Å². The van der Waals surface area contributed by atoms with E-state index in [1.54, 1.807) is 18.2 Å². The van der Waals surface area contributed by atoms with E-state index in [1.165, 1.54) is 12.5 Å². The van der Waals surface area contributed by atoms with Gasteiger partial charge in [-0.05, 0) is 63.2 Å². The van der Waals surface area contributed by atoms with Crippen molar-refractivity contribution in [1.82, 2.24) is 10.2 Å². The van der Waals surface area contributed by atoms with Gasteiger partial charge in [0.1, 0.15) is 17.1 Å². The Labute approximate surface area is 177 Å². The normalized spacial score (nSPS) is 16.1. The first kappa shape index (κ1) is 19.9. The number of hydrogen-bond acceptors (Lipinski definition) is 5. The Morgan fingerprint density at radius 2 is 1.93 bits per heavy atom. The molecule has 0 saturated carbocycles. The molecule has 0 bridgehead atoms. The highest BCUT2D eigenvalue weighted by Gasteiger charge is 2.26. The molecule has 29 heavy (non-hydrogen) atoms. The standard InChI is InChI=1S/C22H23BrN2O4/c1-14-5-8-19(28-14)17(25-9-3-2-4-10-25)13-24-22(27)21-12-18(26)16-7-6-15(23)11-20(16)29-21/h5-8,11-12,17H,2-4,9-10,13H2,1H3,(H,24,27). The lowest BCUT2D eigenvalue weighted by molar-refractivity contribution is 0.0887. The van der Waals surface area contributed by atoms with Crippen LogP contribution in [-0.4, -0.2) is 30.4 Å². The SMILES string of the molecule is Cc1ccc(C(CNC(=O)c2cc(=O)c3ccc(Br)cc3o2)N2CCCCC2)o1. The molecular formula is C22H23BrN2O4. The van der Waals surface area contributed by atoms with Crippen LogP contribution in [0.3, 0.4) is 0 Å². The fourth-order valence-electron chi connectivity index (χ4n) is 3.79. The maximum absolute atomic E-state index is 12.7. The molecule has 1 aliphatic heterocycles. The Morgan fingerprint density at radius 1 is 1.14 bits per heavy atom. The fourth-order valence-corrected chi connectivity index (χ4v) is 4.13. The van der Waals surface area contributed by atoms with Crippen molar-refractivity contribution >= 4 is 32.8 Å². The molecule has 4 rings (SSSR count). The Hall–Kier alpha value is -2.38. The molecule has 152 valence electrons. The van der Waals surface area contributed by atoms with Gasteiger partial charge in [-0.1, -0.05) is 22.4 Å². The molecule has 1 unspecified atom stereocenters. The number of furan rings is 1. The summed E-state index contributed by atoms with van der Waals surface area (Å²) in [7, 11) is 0.